The SMILES string of the molecule is CC1CCC(C(N)=O)CN1CCOCCO. The summed E-state index contributed by atoms with van der Waals surface area (Å²) < 4.78 is 5.22. The Bertz CT molecular complexity index is 223. The van der Waals surface area contributed by atoms with E-state index in [4.69, 9.17) is 15.6 Å². The average molecular weight is 230 g/mol. The second-order valence-corrected chi connectivity index (χ2v) is 4.36. The standard InChI is InChI=1S/C11H22N2O3/c1-9-2-3-10(11(12)15)8-13(9)4-6-16-7-5-14/h9-10,14H,2-8H2,1H3,(H2,12,15). The summed E-state index contributed by atoms with van der Waals surface area (Å²) in [6.45, 7) is 4.71. The van der Waals surface area contributed by atoms with Crippen molar-refractivity contribution in [3.63, 3.8) is 0 Å². The Hall–Kier alpha value is -0.650. The quantitative estimate of drug-likeness (QED) is 0.608. The molecule has 5 nitrogen and oxygen atoms in total. The first-order chi connectivity index (χ1) is 7.65. The molecule has 1 rings (SSSR count). The Labute approximate surface area is 96.6 Å². The molecule has 0 aromatic rings. The highest BCUT2D eigenvalue weighted by Gasteiger charge is 2.27. The van der Waals surface area contributed by atoms with Crippen molar-refractivity contribution in [1.82, 2.24) is 4.90 Å². The molecule has 16 heavy (non-hydrogen) atoms. The average Bonchev–Trinajstić information content (AvgIpc) is 2.26. The predicted octanol–water partition coefficient (Wildman–Crippen LogP) is -0.419. The van der Waals surface area contributed by atoms with Gasteiger partial charge in [-0.05, 0) is 19.8 Å². The lowest BCUT2D eigenvalue weighted by atomic mass is 9.93. The van der Waals surface area contributed by atoms with E-state index in [1.54, 1.807) is 0 Å². The van der Waals surface area contributed by atoms with E-state index in [-0.39, 0.29) is 18.4 Å². The summed E-state index contributed by atoms with van der Waals surface area (Å²) >= 11 is 0. The van der Waals surface area contributed by atoms with Crippen LogP contribution in [0.5, 0.6) is 0 Å². The minimum atomic E-state index is -0.201. The maximum atomic E-state index is 11.1. The summed E-state index contributed by atoms with van der Waals surface area (Å²) in [6.07, 6.45) is 1.90. The van der Waals surface area contributed by atoms with E-state index in [0.29, 0.717) is 19.3 Å². The molecule has 1 heterocycles. The summed E-state index contributed by atoms with van der Waals surface area (Å²) in [7, 11) is 0. The Morgan fingerprint density at radius 3 is 2.88 bits per heavy atom. The molecule has 1 saturated heterocycles. The highest BCUT2D eigenvalue weighted by atomic mass is 16.5. The van der Waals surface area contributed by atoms with Gasteiger partial charge in [0.15, 0.2) is 0 Å². The van der Waals surface area contributed by atoms with E-state index < -0.39 is 0 Å². The molecule has 1 aliphatic rings. The lowest BCUT2D eigenvalue weighted by Crippen LogP contribution is -2.46. The normalized spacial score (nSPS) is 26.9. The molecule has 0 spiro atoms. The highest BCUT2D eigenvalue weighted by molar-refractivity contribution is 5.76. The molecule has 2 atom stereocenters. The van der Waals surface area contributed by atoms with Crippen LogP contribution in [-0.4, -0.2) is 54.9 Å². The topological polar surface area (TPSA) is 75.8 Å². The zero-order valence-corrected chi connectivity index (χ0v) is 9.89. The van der Waals surface area contributed by atoms with E-state index in [9.17, 15) is 4.79 Å². The maximum absolute atomic E-state index is 11.1. The second kappa shape index (κ2) is 6.83. The Kier molecular flexibility index (Phi) is 5.73. The molecule has 3 N–H and O–H groups in total. The lowest BCUT2D eigenvalue weighted by molar-refractivity contribution is -0.124. The van der Waals surface area contributed by atoms with Crippen molar-refractivity contribution in [1.29, 1.82) is 0 Å². The highest BCUT2D eigenvalue weighted by Crippen LogP contribution is 2.21. The van der Waals surface area contributed by atoms with Crippen LogP contribution in [-0.2, 0) is 9.53 Å². The van der Waals surface area contributed by atoms with Crippen molar-refractivity contribution in [3.05, 3.63) is 0 Å². The largest absolute Gasteiger partial charge is 0.394 e. The van der Waals surface area contributed by atoms with E-state index in [2.05, 4.69) is 11.8 Å². The van der Waals surface area contributed by atoms with Crippen molar-refractivity contribution < 1.29 is 14.6 Å². The minimum Gasteiger partial charge on any atom is -0.394 e. The summed E-state index contributed by atoms with van der Waals surface area (Å²) in [5.74, 6) is -0.220. The molecule has 5 heteroatoms. The molecule has 1 amide bonds. The summed E-state index contributed by atoms with van der Waals surface area (Å²) in [6, 6.07) is 0.480. The van der Waals surface area contributed by atoms with Gasteiger partial charge in [-0.1, -0.05) is 0 Å². The number of rotatable bonds is 6. The number of primary amides is 1. The zero-order chi connectivity index (χ0) is 12.0. The number of nitrogens with two attached hydrogens (primary N) is 1. The van der Waals surface area contributed by atoms with Crippen LogP contribution in [0.25, 0.3) is 0 Å². The number of ether oxygens (including phenoxy) is 1. The number of carbonyl (C=O) groups excluding carboxylic acids is 1. The first-order valence-corrected chi connectivity index (χ1v) is 5.87. The Morgan fingerprint density at radius 1 is 1.50 bits per heavy atom. The third-order valence-electron chi connectivity index (χ3n) is 3.17. The number of aliphatic hydroxyl groups excluding tert-OH is 1. The van der Waals surface area contributed by atoms with Gasteiger partial charge >= 0.3 is 0 Å². The molecule has 0 aromatic heterocycles. The predicted molar refractivity (Wildman–Crippen MR) is 60.9 cm³/mol. The molecule has 94 valence electrons. The number of nitrogens with zero attached hydrogens (tertiary/aromatic N) is 1. The third-order valence-corrected chi connectivity index (χ3v) is 3.17. The fraction of sp³-hybridized carbons (Fsp3) is 0.909. The van der Waals surface area contributed by atoms with Gasteiger partial charge in [0.25, 0.3) is 0 Å². The number of amides is 1. The van der Waals surface area contributed by atoms with Gasteiger partial charge in [0.05, 0.1) is 25.7 Å². The first-order valence-electron chi connectivity index (χ1n) is 5.87. The summed E-state index contributed by atoms with van der Waals surface area (Å²) in [5.41, 5.74) is 5.32. The van der Waals surface area contributed by atoms with E-state index >= 15 is 0 Å². The van der Waals surface area contributed by atoms with E-state index in [1.165, 1.54) is 0 Å². The van der Waals surface area contributed by atoms with Crippen LogP contribution in [0.1, 0.15) is 19.8 Å². The summed E-state index contributed by atoms with van der Waals surface area (Å²) in [4.78, 5) is 13.3. The van der Waals surface area contributed by atoms with Gasteiger partial charge in [0.2, 0.25) is 5.91 Å². The van der Waals surface area contributed by atoms with Crippen molar-refractivity contribution >= 4 is 5.91 Å². The molecule has 1 fully saturated rings. The van der Waals surface area contributed by atoms with Gasteiger partial charge in [-0.15, -0.1) is 0 Å². The van der Waals surface area contributed by atoms with Crippen molar-refractivity contribution in [2.24, 2.45) is 11.7 Å². The van der Waals surface area contributed by atoms with Gasteiger partial charge in [0.1, 0.15) is 0 Å². The lowest BCUT2D eigenvalue weighted by Gasteiger charge is -2.36. The second-order valence-electron chi connectivity index (χ2n) is 4.36. The Balaban J connectivity index is 2.29. The number of hydrogen-bond donors (Lipinski definition) is 2. The monoisotopic (exact) mass is 230 g/mol. The van der Waals surface area contributed by atoms with Crippen LogP contribution in [0, 0.1) is 5.92 Å². The van der Waals surface area contributed by atoms with Gasteiger partial charge in [0, 0.05) is 19.1 Å². The number of piperidine rings is 1. The van der Waals surface area contributed by atoms with Crippen LogP contribution >= 0.6 is 0 Å². The fourth-order valence-corrected chi connectivity index (χ4v) is 2.07. The molecular formula is C11H22N2O3. The number of likely N-dealkylation sites (tertiary alicyclic amines) is 1. The van der Waals surface area contributed by atoms with E-state index in [0.717, 1.165) is 25.9 Å². The van der Waals surface area contributed by atoms with Crippen molar-refractivity contribution in [2.75, 3.05) is 32.9 Å². The number of aliphatic hydroxyl groups is 1. The van der Waals surface area contributed by atoms with Crippen molar-refractivity contribution in [2.45, 2.75) is 25.8 Å². The van der Waals surface area contributed by atoms with Gasteiger partial charge in [-0.2, -0.15) is 0 Å². The van der Waals surface area contributed by atoms with Gasteiger partial charge < -0.3 is 15.6 Å². The molecule has 1 aliphatic heterocycles. The molecular weight excluding hydrogens is 208 g/mol. The molecule has 0 bridgehead atoms. The van der Waals surface area contributed by atoms with Crippen LogP contribution in [0.15, 0.2) is 0 Å². The van der Waals surface area contributed by atoms with Crippen LogP contribution < -0.4 is 5.73 Å². The van der Waals surface area contributed by atoms with Gasteiger partial charge in [-0.25, -0.2) is 0 Å². The van der Waals surface area contributed by atoms with Crippen LogP contribution in [0.3, 0.4) is 0 Å². The smallest absolute Gasteiger partial charge is 0.221 e. The van der Waals surface area contributed by atoms with Crippen LogP contribution in [0.4, 0.5) is 0 Å². The van der Waals surface area contributed by atoms with Gasteiger partial charge in [-0.3, -0.25) is 9.69 Å². The fourth-order valence-electron chi connectivity index (χ4n) is 2.07. The molecule has 2 unspecified atom stereocenters. The Morgan fingerprint density at radius 2 is 2.25 bits per heavy atom. The molecule has 0 radical (unpaired) electrons. The van der Waals surface area contributed by atoms with Crippen molar-refractivity contribution in [3.8, 4) is 0 Å². The zero-order valence-electron chi connectivity index (χ0n) is 9.89. The van der Waals surface area contributed by atoms with E-state index in [1.807, 2.05) is 0 Å². The first kappa shape index (κ1) is 13.4. The number of hydrogen-bond acceptors (Lipinski definition) is 4. The third kappa shape index (κ3) is 4.08. The molecule has 0 aromatic carbocycles. The summed E-state index contributed by atoms with van der Waals surface area (Å²) in [5, 5.41) is 8.57. The molecule has 0 aliphatic carbocycles. The minimum absolute atomic E-state index is 0.0194. The number of carbonyl (C=O) groups is 1. The maximum Gasteiger partial charge on any atom is 0.221 e. The molecule has 0 saturated carbocycles. The van der Waals surface area contributed by atoms with Crippen LogP contribution in [0.2, 0.25) is 0 Å².